The fraction of sp³-hybridized carbons (Fsp3) is 0.143. The molecule has 0 amide bonds. The first-order chi connectivity index (χ1) is 9.93. The number of rotatable bonds is 2. The molecule has 0 bridgehead atoms. The molecule has 2 heterocycles. The summed E-state index contributed by atoms with van der Waals surface area (Å²) < 4.78 is 39.7. The molecule has 2 aromatic heterocycles. The Morgan fingerprint density at radius 3 is 2.71 bits per heavy atom. The molecule has 21 heavy (non-hydrogen) atoms. The van der Waals surface area contributed by atoms with E-state index in [1.54, 1.807) is 6.07 Å². The number of benzene rings is 1. The number of alkyl halides is 3. The van der Waals surface area contributed by atoms with E-state index in [1.807, 2.05) is 36.0 Å². The molecule has 0 radical (unpaired) electrons. The van der Waals surface area contributed by atoms with Crippen LogP contribution in [0.3, 0.4) is 0 Å². The SMILES string of the molecule is Cn1ccc2ccc(Nc3nccc(C(F)(F)F)n3)cc21. The molecule has 0 spiro atoms. The van der Waals surface area contributed by atoms with Gasteiger partial charge in [0, 0.05) is 30.6 Å². The van der Waals surface area contributed by atoms with Crippen molar-refractivity contribution in [3.8, 4) is 0 Å². The fourth-order valence-corrected chi connectivity index (χ4v) is 2.05. The van der Waals surface area contributed by atoms with E-state index in [0.717, 1.165) is 23.2 Å². The molecule has 7 heteroatoms. The molecule has 0 fully saturated rings. The smallest absolute Gasteiger partial charge is 0.350 e. The number of hydrogen-bond acceptors (Lipinski definition) is 3. The van der Waals surface area contributed by atoms with Crippen molar-refractivity contribution in [2.75, 3.05) is 5.32 Å². The lowest BCUT2D eigenvalue weighted by molar-refractivity contribution is -0.141. The van der Waals surface area contributed by atoms with Crippen LogP contribution < -0.4 is 5.32 Å². The van der Waals surface area contributed by atoms with Gasteiger partial charge in [-0.05, 0) is 29.7 Å². The van der Waals surface area contributed by atoms with E-state index in [0.29, 0.717) is 5.69 Å². The highest BCUT2D eigenvalue weighted by Gasteiger charge is 2.32. The van der Waals surface area contributed by atoms with Gasteiger partial charge in [-0.2, -0.15) is 13.2 Å². The minimum absolute atomic E-state index is 0.0848. The van der Waals surface area contributed by atoms with Gasteiger partial charge in [-0.25, -0.2) is 9.97 Å². The number of fused-ring (bicyclic) bond motifs is 1. The van der Waals surface area contributed by atoms with Gasteiger partial charge in [-0.3, -0.25) is 0 Å². The molecule has 0 saturated carbocycles. The Balaban J connectivity index is 1.93. The maximum absolute atomic E-state index is 12.6. The highest BCUT2D eigenvalue weighted by atomic mass is 19.4. The third kappa shape index (κ3) is 2.67. The maximum Gasteiger partial charge on any atom is 0.433 e. The summed E-state index contributed by atoms with van der Waals surface area (Å²) >= 11 is 0. The van der Waals surface area contributed by atoms with Crippen molar-refractivity contribution in [2.45, 2.75) is 6.18 Å². The van der Waals surface area contributed by atoms with Gasteiger partial charge < -0.3 is 9.88 Å². The number of anilines is 2. The van der Waals surface area contributed by atoms with E-state index >= 15 is 0 Å². The first-order valence-corrected chi connectivity index (χ1v) is 6.16. The molecule has 0 atom stereocenters. The van der Waals surface area contributed by atoms with Crippen LogP contribution in [0.25, 0.3) is 10.9 Å². The summed E-state index contributed by atoms with van der Waals surface area (Å²) in [6.07, 6.45) is -1.49. The van der Waals surface area contributed by atoms with E-state index in [2.05, 4.69) is 15.3 Å². The van der Waals surface area contributed by atoms with Crippen LogP contribution >= 0.6 is 0 Å². The molecule has 3 rings (SSSR count). The lowest BCUT2D eigenvalue weighted by atomic mass is 10.2. The highest BCUT2D eigenvalue weighted by Crippen LogP contribution is 2.28. The number of hydrogen-bond donors (Lipinski definition) is 1. The fourth-order valence-electron chi connectivity index (χ4n) is 2.05. The van der Waals surface area contributed by atoms with E-state index in [1.165, 1.54) is 0 Å². The van der Waals surface area contributed by atoms with Crippen LogP contribution in [0.4, 0.5) is 24.8 Å². The zero-order valence-electron chi connectivity index (χ0n) is 11.0. The van der Waals surface area contributed by atoms with Gasteiger partial charge in [0.05, 0.1) is 0 Å². The first-order valence-electron chi connectivity index (χ1n) is 6.16. The van der Waals surface area contributed by atoms with Crippen molar-refractivity contribution in [1.82, 2.24) is 14.5 Å². The monoisotopic (exact) mass is 292 g/mol. The third-order valence-electron chi connectivity index (χ3n) is 3.09. The molecule has 0 aliphatic rings. The van der Waals surface area contributed by atoms with Crippen molar-refractivity contribution >= 4 is 22.5 Å². The van der Waals surface area contributed by atoms with E-state index in [9.17, 15) is 13.2 Å². The highest BCUT2D eigenvalue weighted by molar-refractivity contribution is 5.84. The van der Waals surface area contributed by atoms with Crippen LogP contribution in [0.1, 0.15) is 5.69 Å². The summed E-state index contributed by atoms with van der Waals surface area (Å²) in [5.74, 6) is -0.0848. The lowest BCUT2D eigenvalue weighted by Gasteiger charge is -2.09. The van der Waals surface area contributed by atoms with Gasteiger partial charge in [-0.1, -0.05) is 6.07 Å². The van der Waals surface area contributed by atoms with Crippen LogP contribution in [0, 0.1) is 0 Å². The van der Waals surface area contributed by atoms with Crippen LogP contribution in [0.2, 0.25) is 0 Å². The van der Waals surface area contributed by atoms with Crippen LogP contribution in [-0.2, 0) is 13.2 Å². The van der Waals surface area contributed by atoms with Crippen molar-refractivity contribution in [2.24, 2.45) is 7.05 Å². The maximum atomic E-state index is 12.6. The Hall–Kier alpha value is -2.57. The number of aromatic nitrogens is 3. The summed E-state index contributed by atoms with van der Waals surface area (Å²) in [6, 6.07) is 8.28. The van der Waals surface area contributed by atoms with Crippen molar-refractivity contribution in [3.63, 3.8) is 0 Å². The van der Waals surface area contributed by atoms with Crippen molar-refractivity contribution < 1.29 is 13.2 Å². The van der Waals surface area contributed by atoms with Gasteiger partial charge in [0.25, 0.3) is 0 Å². The summed E-state index contributed by atoms with van der Waals surface area (Å²) in [5.41, 5.74) is 0.621. The van der Waals surface area contributed by atoms with Gasteiger partial charge in [0.2, 0.25) is 5.95 Å². The number of nitrogens with one attached hydrogen (secondary N) is 1. The van der Waals surface area contributed by atoms with E-state index in [4.69, 9.17) is 0 Å². The van der Waals surface area contributed by atoms with Crippen LogP contribution in [0.15, 0.2) is 42.7 Å². The van der Waals surface area contributed by atoms with E-state index in [-0.39, 0.29) is 5.95 Å². The quantitative estimate of drug-likeness (QED) is 0.782. The average Bonchev–Trinajstić information content (AvgIpc) is 2.80. The minimum atomic E-state index is -4.48. The van der Waals surface area contributed by atoms with Gasteiger partial charge in [-0.15, -0.1) is 0 Å². The molecule has 3 aromatic rings. The Morgan fingerprint density at radius 2 is 1.95 bits per heavy atom. The Morgan fingerprint density at radius 1 is 1.14 bits per heavy atom. The third-order valence-corrected chi connectivity index (χ3v) is 3.09. The summed E-state index contributed by atoms with van der Waals surface area (Å²) in [4.78, 5) is 7.28. The molecule has 108 valence electrons. The Kier molecular flexibility index (Phi) is 3.04. The van der Waals surface area contributed by atoms with Gasteiger partial charge in [0.1, 0.15) is 5.69 Å². The number of halogens is 3. The Bertz CT molecular complexity index is 792. The summed E-state index contributed by atoms with van der Waals surface area (Å²) in [6.45, 7) is 0. The van der Waals surface area contributed by atoms with Gasteiger partial charge >= 0.3 is 6.18 Å². The number of nitrogens with zero attached hydrogens (tertiary/aromatic N) is 3. The molecule has 4 nitrogen and oxygen atoms in total. The number of aryl methyl sites for hydroxylation is 1. The second kappa shape index (κ2) is 4.76. The van der Waals surface area contributed by atoms with E-state index < -0.39 is 11.9 Å². The molecule has 1 aromatic carbocycles. The topological polar surface area (TPSA) is 42.7 Å². The molecule has 0 aliphatic heterocycles. The minimum Gasteiger partial charge on any atom is -0.350 e. The molecule has 0 aliphatic carbocycles. The second-order valence-corrected chi connectivity index (χ2v) is 4.59. The summed E-state index contributed by atoms with van der Waals surface area (Å²) in [5, 5.41) is 3.84. The van der Waals surface area contributed by atoms with Crippen LogP contribution in [0.5, 0.6) is 0 Å². The molecule has 0 saturated heterocycles. The Labute approximate surface area is 118 Å². The molecule has 1 N–H and O–H groups in total. The van der Waals surface area contributed by atoms with Crippen molar-refractivity contribution in [1.29, 1.82) is 0 Å². The van der Waals surface area contributed by atoms with Crippen LogP contribution in [-0.4, -0.2) is 14.5 Å². The first kappa shape index (κ1) is 13.4. The second-order valence-electron chi connectivity index (χ2n) is 4.59. The standard InChI is InChI=1S/C14H11F3N4/c1-21-7-5-9-2-3-10(8-11(9)21)19-13-18-6-4-12(20-13)14(15,16)17/h2-8H,1H3,(H,18,19,20). The predicted octanol–water partition coefficient (Wildman–Crippen LogP) is 3.73. The zero-order chi connectivity index (χ0) is 15.0. The normalized spacial score (nSPS) is 11.8. The zero-order valence-corrected chi connectivity index (χ0v) is 11.0. The molecule has 0 unspecified atom stereocenters. The van der Waals surface area contributed by atoms with Crippen molar-refractivity contribution in [3.05, 3.63) is 48.4 Å². The lowest BCUT2D eigenvalue weighted by Crippen LogP contribution is -2.10. The van der Waals surface area contributed by atoms with Gasteiger partial charge in [0.15, 0.2) is 0 Å². The largest absolute Gasteiger partial charge is 0.433 e. The molecular formula is C14H11F3N4. The average molecular weight is 292 g/mol. The molecular weight excluding hydrogens is 281 g/mol. The summed E-state index contributed by atoms with van der Waals surface area (Å²) in [7, 11) is 1.90. The predicted molar refractivity (Wildman–Crippen MR) is 73.2 cm³/mol.